The Hall–Kier alpha value is -2.42. The van der Waals surface area contributed by atoms with Crippen molar-refractivity contribution in [3.05, 3.63) is 71.2 Å². The molecule has 1 amide bonds. The second-order valence-corrected chi connectivity index (χ2v) is 5.64. The third kappa shape index (κ3) is 3.73. The molecule has 24 heavy (non-hydrogen) atoms. The number of rotatable bonds is 4. The highest BCUT2D eigenvalue weighted by molar-refractivity contribution is 6.38. The number of carbonyl (C=O) groups is 1. The maximum Gasteiger partial charge on any atom is 0.295 e. The fourth-order valence-electron chi connectivity index (χ4n) is 1.78. The quantitative estimate of drug-likeness (QED) is 0.599. The van der Waals surface area contributed by atoms with Crippen molar-refractivity contribution in [1.82, 2.24) is 0 Å². The molecule has 1 N–H and O–H groups in total. The number of nitro groups is 2. The average Bonchev–Trinajstić information content (AvgIpc) is 2.50. The highest BCUT2D eigenvalue weighted by Gasteiger charge is 2.26. The molecule has 0 heterocycles. The number of hydrogen-bond donors (Lipinski definition) is 1. The minimum Gasteiger partial charge on any atom is -0.321 e. The van der Waals surface area contributed by atoms with Crippen molar-refractivity contribution >= 4 is 57.8 Å². The molecule has 0 aliphatic heterocycles. The second kappa shape index (κ2) is 7.00. The molecule has 2 rings (SSSR count). The van der Waals surface area contributed by atoms with E-state index in [4.69, 9.17) is 34.8 Å². The molecular formula is C13H6Cl3N3O5. The summed E-state index contributed by atoms with van der Waals surface area (Å²) in [6.45, 7) is 0. The number of hydrogen-bond acceptors (Lipinski definition) is 5. The SMILES string of the molecule is O=C(Nc1cc(Cl)ccc1Cl)c1cc([N+](=O)[O-])cc([N+](=O)[O-])c1Cl. The summed E-state index contributed by atoms with van der Waals surface area (Å²) in [7, 11) is 0. The Morgan fingerprint density at radius 1 is 1.00 bits per heavy atom. The van der Waals surface area contributed by atoms with Crippen LogP contribution in [0.25, 0.3) is 0 Å². The minimum atomic E-state index is -0.918. The van der Waals surface area contributed by atoms with Gasteiger partial charge in [-0.2, -0.15) is 0 Å². The van der Waals surface area contributed by atoms with E-state index >= 15 is 0 Å². The van der Waals surface area contributed by atoms with E-state index < -0.39 is 37.7 Å². The van der Waals surface area contributed by atoms with Crippen molar-refractivity contribution in [2.45, 2.75) is 0 Å². The third-order valence-corrected chi connectivity index (χ3v) is 3.83. The van der Waals surface area contributed by atoms with Gasteiger partial charge in [0.25, 0.3) is 17.3 Å². The zero-order chi connectivity index (χ0) is 18.0. The van der Waals surface area contributed by atoms with E-state index in [1.807, 2.05) is 0 Å². The number of anilines is 1. The molecule has 0 aliphatic carbocycles. The predicted molar refractivity (Wildman–Crippen MR) is 89.2 cm³/mol. The lowest BCUT2D eigenvalue weighted by molar-refractivity contribution is -0.394. The Balaban J connectivity index is 2.50. The van der Waals surface area contributed by atoms with Gasteiger partial charge in [0.2, 0.25) is 0 Å². The van der Waals surface area contributed by atoms with Crippen LogP contribution in [0.4, 0.5) is 17.1 Å². The molecule has 0 bridgehead atoms. The monoisotopic (exact) mass is 389 g/mol. The largest absolute Gasteiger partial charge is 0.321 e. The summed E-state index contributed by atoms with van der Waals surface area (Å²) >= 11 is 17.5. The normalized spacial score (nSPS) is 10.3. The summed E-state index contributed by atoms with van der Waals surface area (Å²) in [6.07, 6.45) is 0. The van der Waals surface area contributed by atoms with Gasteiger partial charge in [-0.3, -0.25) is 25.0 Å². The summed E-state index contributed by atoms with van der Waals surface area (Å²) < 4.78 is 0. The molecule has 0 atom stereocenters. The number of nitrogens with zero attached hydrogens (tertiary/aromatic N) is 2. The average molecular weight is 391 g/mol. The van der Waals surface area contributed by atoms with E-state index in [1.54, 1.807) is 0 Å². The van der Waals surface area contributed by atoms with Crippen molar-refractivity contribution in [3.8, 4) is 0 Å². The van der Waals surface area contributed by atoms with Crippen molar-refractivity contribution < 1.29 is 14.6 Å². The highest BCUT2D eigenvalue weighted by Crippen LogP contribution is 2.34. The summed E-state index contributed by atoms with van der Waals surface area (Å²) in [4.78, 5) is 32.4. The Morgan fingerprint density at radius 3 is 2.25 bits per heavy atom. The van der Waals surface area contributed by atoms with E-state index in [-0.39, 0.29) is 15.7 Å². The lowest BCUT2D eigenvalue weighted by Gasteiger charge is -2.09. The van der Waals surface area contributed by atoms with Crippen molar-refractivity contribution in [1.29, 1.82) is 0 Å². The molecule has 0 unspecified atom stereocenters. The summed E-state index contributed by atoms with van der Waals surface area (Å²) in [6, 6.07) is 5.78. The van der Waals surface area contributed by atoms with Gasteiger partial charge in [0, 0.05) is 11.1 Å². The smallest absolute Gasteiger partial charge is 0.295 e. The zero-order valence-corrected chi connectivity index (χ0v) is 13.7. The molecule has 0 radical (unpaired) electrons. The van der Waals surface area contributed by atoms with Gasteiger partial charge in [0.05, 0.1) is 32.2 Å². The topological polar surface area (TPSA) is 115 Å². The van der Waals surface area contributed by atoms with Gasteiger partial charge < -0.3 is 5.32 Å². The third-order valence-electron chi connectivity index (χ3n) is 2.87. The molecule has 0 fully saturated rings. The Morgan fingerprint density at radius 2 is 1.67 bits per heavy atom. The first kappa shape index (κ1) is 17.9. The van der Waals surface area contributed by atoms with Crippen LogP contribution in [-0.4, -0.2) is 15.8 Å². The molecule has 0 spiro atoms. The van der Waals surface area contributed by atoms with Gasteiger partial charge in [-0.15, -0.1) is 0 Å². The Bertz CT molecular complexity index is 872. The van der Waals surface area contributed by atoms with Crippen LogP contribution in [0.3, 0.4) is 0 Å². The van der Waals surface area contributed by atoms with E-state index in [0.29, 0.717) is 6.07 Å². The fourth-order valence-corrected chi connectivity index (χ4v) is 2.38. The number of nitro benzene ring substituents is 2. The molecule has 124 valence electrons. The molecule has 8 nitrogen and oxygen atoms in total. The van der Waals surface area contributed by atoms with Gasteiger partial charge in [-0.1, -0.05) is 34.8 Å². The van der Waals surface area contributed by atoms with E-state index in [1.165, 1.54) is 18.2 Å². The highest BCUT2D eigenvalue weighted by atomic mass is 35.5. The number of halogens is 3. The maximum atomic E-state index is 12.3. The summed E-state index contributed by atoms with van der Waals surface area (Å²) in [5.41, 5.74) is -1.71. The molecule has 2 aromatic carbocycles. The molecular weight excluding hydrogens is 385 g/mol. The van der Waals surface area contributed by atoms with Gasteiger partial charge in [0.1, 0.15) is 5.02 Å². The van der Waals surface area contributed by atoms with Crippen molar-refractivity contribution in [2.75, 3.05) is 5.32 Å². The Kier molecular flexibility index (Phi) is 5.23. The van der Waals surface area contributed by atoms with Crippen LogP contribution in [0.1, 0.15) is 10.4 Å². The lowest BCUT2D eigenvalue weighted by Crippen LogP contribution is -2.14. The van der Waals surface area contributed by atoms with Crippen LogP contribution >= 0.6 is 34.8 Å². The lowest BCUT2D eigenvalue weighted by atomic mass is 10.1. The molecule has 0 aromatic heterocycles. The van der Waals surface area contributed by atoms with Crippen LogP contribution in [0, 0.1) is 20.2 Å². The number of amides is 1. The predicted octanol–water partition coefficient (Wildman–Crippen LogP) is 4.72. The minimum absolute atomic E-state index is 0.124. The standard InChI is InChI=1S/C13H6Cl3N3O5/c14-6-1-2-9(15)10(3-6)17-13(20)8-4-7(18(21)22)5-11(12(8)16)19(23)24/h1-5H,(H,17,20). The molecule has 0 saturated carbocycles. The Labute approximate surface area is 149 Å². The van der Waals surface area contributed by atoms with Gasteiger partial charge in [-0.25, -0.2) is 0 Å². The van der Waals surface area contributed by atoms with Crippen LogP contribution in [0.15, 0.2) is 30.3 Å². The van der Waals surface area contributed by atoms with Crippen molar-refractivity contribution in [2.24, 2.45) is 0 Å². The van der Waals surface area contributed by atoms with Gasteiger partial charge in [0.15, 0.2) is 0 Å². The maximum absolute atomic E-state index is 12.3. The summed E-state index contributed by atoms with van der Waals surface area (Å²) in [5.74, 6) is -0.907. The molecule has 0 aliphatic rings. The zero-order valence-electron chi connectivity index (χ0n) is 11.5. The van der Waals surface area contributed by atoms with Crippen LogP contribution in [0.2, 0.25) is 15.1 Å². The number of benzene rings is 2. The van der Waals surface area contributed by atoms with E-state index in [0.717, 1.165) is 6.07 Å². The van der Waals surface area contributed by atoms with E-state index in [9.17, 15) is 25.0 Å². The molecule has 2 aromatic rings. The first-order valence-corrected chi connectivity index (χ1v) is 7.23. The molecule has 0 saturated heterocycles. The van der Waals surface area contributed by atoms with Crippen LogP contribution < -0.4 is 5.32 Å². The van der Waals surface area contributed by atoms with Crippen LogP contribution in [-0.2, 0) is 0 Å². The van der Waals surface area contributed by atoms with Crippen LogP contribution in [0.5, 0.6) is 0 Å². The summed E-state index contributed by atoms with van der Waals surface area (Å²) in [5, 5.41) is 24.1. The first-order chi connectivity index (χ1) is 11.2. The number of carbonyl (C=O) groups excluding carboxylic acids is 1. The number of non-ortho nitro benzene ring substituents is 1. The van der Waals surface area contributed by atoms with Gasteiger partial charge >= 0.3 is 0 Å². The number of nitrogens with one attached hydrogen (secondary N) is 1. The van der Waals surface area contributed by atoms with Gasteiger partial charge in [-0.05, 0) is 18.2 Å². The van der Waals surface area contributed by atoms with Crippen molar-refractivity contribution in [3.63, 3.8) is 0 Å². The molecule has 11 heteroatoms. The fraction of sp³-hybridized carbons (Fsp3) is 0. The van der Waals surface area contributed by atoms with E-state index in [2.05, 4.69) is 5.32 Å². The first-order valence-electron chi connectivity index (χ1n) is 6.09. The second-order valence-electron chi connectivity index (χ2n) is 4.42.